The first-order valence-corrected chi connectivity index (χ1v) is 26.2. The molecule has 2 heterocycles. The maximum Gasteiger partial charge on any atom is 0.416 e. The lowest BCUT2D eigenvalue weighted by Gasteiger charge is -2.23. The molecule has 0 unspecified atom stereocenters. The van der Waals surface area contributed by atoms with Crippen LogP contribution in [0.3, 0.4) is 0 Å². The normalized spacial score (nSPS) is 11.9. The summed E-state index contributed by atoms with van der Waals surface area (Å²) in [4.78, 5) is 0. The van der Waals surface area contributed by atoms with Gasteiger partial charge < -0.3 is 9.13 Å². The Labute approximate surface area is 447 Å². The maximum absolute atomic E-state index is 14.8. The van der Waals surface area contributed by atoms with Gasteiger partial charge in [-0.25, -0.2) is 0 Å². The number of halogens is 3. The van der Waals surface area contributed by atoms with Crippen LogP contribution in [0.4, 0.5) is 13.2 Å². The molecule has 0 fully saturated rings. The van der Waals surface area contributed by atoms with Crippen LogP contribution in [0.1, 0.15) is 61.2 Å². The van der Waals surface area contributed by atoms with Gasteiger partial charge in [0, 0.05) is 27.1 Å². The van der Waals surface area contributed by atoms with Crippen molar-refractivity contribution in [1.29, 1.82) is 5.26 Å². The summed E-state index contributed by atoms with van der Waals surface area (Å²) in [6.45, 7) is 18.7. The summed E-state index contributed by atoms with van der Waals surface area (Å²) in [5, 5.41) is 15.4. The van der Waals surface area contributed by atoms with Gasteiger partial charge in [-0.05, 0) is 178 Å². The first-order valence-electron chi connectivity index (χ1n) is 26.2. The molecule has 10 aromatic carbocycles. The number of benzene rings is 10. The van der Waals surface area contributed by atoms with Crippen LogP contribution >= 0.6 is 0 Å². The number of hydrogen-bond acceptors (Lipinski definition) is 1. The summed E-state index contributed by atoms with van der Waals surface area (Å²) in [6.07, 6.45) is -4.57. The minimum Gasteiger partial charge on any atom is -0.308 e. The van der Waals surface area contributed by atoms with Crippen LogP contribution in [0.2, 0.25) is 0 Å². The molecule has 12 aromatic rings. The van der Waals surface area contributed by atoms with E-state index in [1.54, 1.807) is 13.0 Å². The third kappa shape index (κ3) is 8.66. The topological polar surface area (TPSA) is 33.6 Å². The second-order valence-corrected chi connectivity index (χ2v) is 21.6. The number of aryl methyl sites for hydroxylation is 9. The summed E-state index contributed by atoms with van der Waals surface area (Å²) < 4.78 is 48.8. The van der Waals surface area contributed by atoms with Gasteiger partial charge in [0.15, 0.2) is 0 Å². The van der Waals surface area contributed by atoms with Crippen molar-refractivity contribution in [2.24, 2.45) is 0 Å². The molecule has 0 N–H and O–H groups in total. The second kappa shape index (κ2) is 18.4. The van der Waals surface area contributed by atoms with Crippen LogP contribution in [0.5, 0.6) is 0 Å². The molecule has 0 aliphatic carbocycles. The summed E-state index contributed by atoms with van der Waals surface area (Å²) >= 11 is 0. The highest BCUT2D eigenvalue weighted by molar-refractivity contribution is 6.14. The Bertz CT molecular complexity index is 4330. The molecule has 0 saturated heterocycles. The lowest BCUT2D eigenvalue weighted by atomic mass is 9.93. The zero-order chi connectivity index (χ0) is 53.8. The van der Waals surface area contributed by atoms with Gasteiger partial charge in [0.1, 0.15) is 0 Å². The predicted molar refractivity (Wildman–Crippen MR) is 315 cm³/mol. The SMILES string of the molecule is Cc1cc(C)cc(-c2ccc3c4ccc(-c5cc(C)cc(C)c5)cc4n(-c4cc(C#N)cc(-n5c6cc(-c7cc(C)cc(C)c7)ccc6c6ccc(-c7ccc(C)c(C)c7)cc65)c4-c4ccc(C(F)(F)F)cc4C)c3c2)c1. The van der Waals surface area contributed by atoms with E-state index < -0.39 is 11.7 Å². The molecule has 77 heavy (non-hydrogen) atoms. The quantitative estimate of drug-likeness (QED) is 0.157. The van der Waals surface area contributed by atoms with Crippen LogP contribution in [0, 0.1) is 73.6 Å². The Kier molecular flexibility index (Phi) is 11.7. The van der Waals surface area contributed by atoms with Gasteiger partial charge in [0.25, 0.3) is 0 Å². The first kappa shape index (κ1) is 49.0. The second-order valence-electron chi connectivity index (χ2n) is 21.6. The van der Waals surface area contributed by atoms with Crippen molar-refractivity contribution in [3.63, 3.8) is 0 Å². The Hall–Kier alpha value is -8.92. The lowest BCUT2D eigenvalue weighted by molar-refractivity contribution is -0.137. The zero-order valence-electron chi connectivity index (χ0n) is 44.7. The molecule has 0 saturated carbocycles. The van der Waals surface area contributed by atoms with Crippen LogP contribution in [-0.4, -0.2) is 9.13 Å². The molecular formula is C71H56F3N3. The van der Waals surface area contributed by atoms with E-state index in [0.717, 1.165) is 122 Å². The van der Waals surface area contributed by atoms with Crippen LogP contribution < -0.4 is 0 Å². The van der Waals surface area contributed by atoms with Gasteiger partial charge in [-0.1, -0.05) is 161 Å². The molecule has 0 aliphatic rings. The fourth-order valence-electron chi connectivity index (χ4n) is 12.0. The highest BCUT2D eigenvalue weighted by atomic mass is 19.4. The molecule has 0 bridgehead atoms. The average Bonchev–Trinajstić information content (AvgIpc) is 3.99. The first-order chi connectivity index (χ1) is 36.9. The van der Waals surface area contributed by atoms with Crippen molar-refractivity contribution in [3.8, 4) is 73.1 Å². The van der Waals surface area contributed by atoms with Crippen molar-refractivity contribution in [2.75, 3.05) is 0 Å². The van der Waals surface area contributed by atoms with Gasteiger partial charge in [-0.2, -0.15) is 18.4 Å². The lowest BCUT2D eigenvalue weighted by Crippen LogP contribution is -2.08. The van der Waals surface area contributed by atoms with Gasteiger partial charge >= 0.3 is 6.18 Å². The summed E-state index contributed by atoms with van der Waals surface area (Å²) in [6, 6.07) is 63.1. The van der Waals surface area contributed by atoms with Crippen molar-refractivity contribution < 1.29 is 13.2 Å². The molecule has 0 spiro atoms. The Balaban J connectivity index is 1.27. The Morgan fingerprint density at radius 1 is 0.338 bits per heavy atom. The number of rotatable bonds is 7. The average molecular weight is 1010 g/mol. The van der Waals surface area contributed by atoms with E-state index in [-0.39, 0.29) is 0 Å². The predicted octanol–water partition coefficient (Wildman–Crippen LogP) is 19.9. The number of hydrogen-bond donors (Lipinski definition) is 0. The summed E-state index contributed by atoms with van der Waals surface area (Å²) in [5.41, 5.74) is 24.0. The highest BCUT2D eigenvalue weighted by Crippen LogP contribution is 2.47. The van der Waals surface area contributed by atoms with E-state index in [4.69, 9.17) is 0 Å². The fraction of sp³-hybridized carbons (Fsp3) is 0.141. The molecule has 376 valence electrons. The number of alkyl halides is 3. The van der Waals surface area contributed by atoms with Crippen LogP contribution in [0.25, 0.3) is 111 Å². The maximum atomic E-state index is 14.8. The van der Waals surface area contributed by atoms with E-state index in [1.807, 2.05) is 12.1 Å². The summed E-state index contributed by atoms with van der Waals surface area (Å²) in [5.74, 6) is 0. The molecule has 12 rings (SSSR count). The van der Waals surface area contributed by atoms with Crippen molar-refractivity contribution in [2.45, 2.75) is 68.5 Å². The van der Waals surface area contributed by atoms with Gasteiger partial charge in [0.05, 0.1) is 50.6 Å². The van der Waals surface area contributed by atoms with Gasteiger partial charge in [-0.3, -0.25) is 0 Å². The Morgan fingerprint density at radius 3 is 1.03 bits per heavy atom. The molecule has 6 heteroatoms. The van der Waals surface area contributed by atoms with Crippen molar-refractivity contribution in [3.05, 3.63) is 237 Å². The van der Waals surface area contributed by atoms with Crippen molar-refractivity contribution in [1.82, 2.24) is 9.13 Å². The molecule has 0 atom stereocenters. The van der Waals surface area contributed by atoms with E-state index >= 15 is 0 Å². The zero-order valence-corrected chi connectivity index (χ0v) is 44.7. The number of nitriles is 1. The number of nitrogens with zero attached hydrogens (tertiary/aromatic N) is 3. The third-order valence-corrected chi connectivity index (χ3v) is 15.6. The molecule has 0 aliphatic heterocycles. The molecular weight excluding hydrogens is 952 g/mol. The highest BCUT2D eigenvalue weighted by Gasteiger charge is 2.32. The molecule has 2 aromatic heterocycles. The van der Waals surface area contributed by atoms with E-state index in [2.05, 4.69) is 216 Å². The molecule has 3 nitrogen and oxygen atoms in total. The van der Waals surface area contributed by atoms with E-state index in [9.17, 15) is 18.4 Å². The largest absolute Gasteiger partial charge is 0.416 e. The minimum absolute atomic E-state index is 0.403. The van der Waals surface area contributed by atoms with Crippen LogP contribution in [0.15, 0.2) is 176 Å². The van der Waals surface area contributed by atoms with E-state index in [0.29, 0.717) is 33.6 Å². The number of aromatic nitrogens is 2. The monoisotopic (exact) mass is 1010 g/mol. The van der Waals surface area contributed by atoms with Crippen molar-refractivity contribution >= 4 is 43.6 Å². The smallest absolute Gasteiger partial charge is 0.308 e. The minimum atomic E-state index is -4.57. The standard InChI is InChI=1S/C71H56F3N3/c1-40-22-41(2)26-55(25-40)52-13-18-61-60-17-12-51(50-11-10-46(7)47(8)31-50)35-64(60)76(65(61)36-52)68-33-49(39-75)34-69(70(68)59-21-16-58(32-48(59)9)71(72,73)74)77-66-37-53(56-27-42(3)23-43(4)28-56)14-19-62(66)63-20-15-54(38-67(63)77)57-29-44(5)24-45(6)30-57/h10-38H,1-9H3. The fourth-order valence-corrected chi connectivity index (χ4v) is 12.0. The summed E-state index contributed by atoms with van der Waals surface area (Å²) in [7, 11) is 0. The number of fused-ring (bicyclic) bond motifs is 6. The van der Waals surface area contributed by atoms with E-state index in [1.165, 1.54) is 23.3 Å². The van der Waals surface area contributed by atoms with Crippen LogP contribution in [-0.2, 0) is 6.18 Å². The molecule has 0 radical (unpaired) electrons. The third-order valence-electron chi connectivity index (χ3n) is 15.6. The van der Waals surface area contributed by atoms with Gasteiger partial charge in [0.2, 0.25) is 0 Å². The Morgan fingerprint density at radius 2 is 0.688 bits per heavy atom. The molecule has 0 amide bonds. The van der Waals surface area contributed by atoms with Gasteiger partial charge in [-0.15, -0.1) is 0 Å².